The van der Waals surface area contributed by atoms with Gasteiger partial charge in [0, 0.05) is 30.1 Å². The first-order valence-electron chi connectivity index (χ1n) is 19.0. The quantitative estimate of drug-likeness (QED) is 0.122. The minimum absolute atomic E-state index is 0.0265. The van der Waals surface area contributed by atoms with E-state index in [1.807, 2.05) is 91.1 Å². The number of halogens is 1. The number of carbonyl (C=O) groups is 2. The number of aliphatic imine (C=N–C) groups is 1. The molecule has 3 amide bonds. The highest BCUT2D eigenvalue weighted by Gasteiger charge is 2.39. The van der Waals surface area contributed by atoms with Gasteiger partial charge in [-0.2, -0.15) is 0 Å². The van der Waals surface area contributed by atoms with Crippen molar-refractivity contribution in [3.8, 4) is 0 Å². The van der Waals surface area contributed by atoms with Crippen molar-refractivity contribution < 1.29 is 18.7 Å². The van der Waals surface area contributed by atoms with Gasteiger partial charge in [0.1, 0.15) is 11.4 Å². The lowest BCUT2D eigenvalue weighted by Crippen LogP contribution is -2.48. The number of methoxy groups -OCH3 is 1. The molecular weight excluding hydrogens is 728 g/mol. The molecule has 6 aromatic carbocycles. The predicted octanol–water partition coefficient (Wildman–Crippen LogP) is 8.58. The SMILES string of the molecule is COCCc1cccc(NC(=O)N[C@@H]2N=C(c3ccccc3F)c3ccccc3N(Cc3cn(C(c4ccccc4)(c4ccccc4)c4ccccc4)cn3)C2=O)c1. The van der Waals surface area contributed by atoms with Gasteiger partial charge in [-0.1, -0.05) is 133 Å². The second kappa shape index (κ2) is 16.9. The van der Waals surface area contributed by atoms with Crippen LogP contribution < -0.4 is 15.5 Å². The summed E-state index contributed by atoms with van der Waals surface area (Å²) in [6, 6.07) is 51.0. The molecule has 2 heterocycles. The minimum atomic E-state index is -1.42. The maximum absolute atomic E-state index is 15.6. The molecule has 1 atom stereocenters. The number of rotatable bonds is 12. The zero-order valence-electron chi connectivity index (χ0n) is 31.8. The summed E-state index contributed by atoms with van der Waals surface area (Å²) in [5, 5.41) is 5.63. The lowest BCUT2D eigenvalue weighted by Gasteiger charge is -2.37. The van der Waals surface area contributed by atoms with Crippen LogP contribution >= 0.6 is 0 Å². The van der Waals surface area contributed by atoms with Gasteiger partial charge in [-0.25, -0.2) is 19.2 Å². The van der Waals surface area contributed by atoms with Crippen LogP contribution in [0.4, 0.5) is 20.6 Å². The molecule has 8 rings (SSSR count). The molecule has 0 unspecified atom stereocenters. The van der Waals surface area contributed by atoms with Crippen molar-refractivity contribution >= 4 is 29.0 Å². The molecule has 7 aromatic rings. The van der Waals surface area contributed by atoms with Crippen LogP contribution in [0.1, 0.15) is 39.1 Å². The van der Waals surface area contributed by atoms with Crippen molar-refractivity contribution in [1.82, 2.24) is 14.9 Å². The normalized spacial score (nSPS) is 14.0. The van der Waals surface area contributed by atoms with Gasteiger partial charge in [-0.05, 0) is 59.0 Å². The Hall–Kier alpha value is -7.17. The van der Waals surface area contributed by atoms with E-state index in [9.17, 15) is 9.59 Å². The molecule has 1 aliphatic rings. The number of anilines is 2. The summed E-state index contributed by atoms with van der Waals surface area (Å²) >= 11 is 0. The average molecular weight is 769 g/mol. The van der Waals surface area contributed by atoms with Crippen molar-refractivity contribution in [2.45, 2.75) is 24.7 Å². The first kappa shape index (κ1) is 37.7. The van der Waals surface area contributed by atoms with E-state index in [1.165, 1.54) is 6.07 Å². The third-order valence-corrected chi connectivity index (χ3v) is 10.3. The Morgan fingerprint density at radius 3 is 2.00 bits per heavy atom. The Balaban J connectivity index is 1.20. The number of benzodiazepines with no additional fused rings is 1. The average Bonchev–Trinajstić information content (AvgIpc) is 3.70. The molecule has 58 heavy (non-hydrogen) atoms. The number of carbonyl (C=O) groups excluding carboxylic acids is 2. The molecule has 9 nitrogen and oxygen atoms in total. The standard InChI is InChI=1S/C48H41FN6O3/c1-58-29-28-34-16-15-23-38(30-34)51-47(57)53-45-46(56)55(43-27-14-12-25-41(43)44(52-45)40-24-11-13-26-42(40)49)32-39-31-54(33-50-39)48(35-17-5-2-6-18-35,36-19-7-3-8-20-36)37-21-9-4-10-22-37/h2-27,30-31,33,45H,28-29,32H2,1H3,(H2,51,53,57)/t45-/m0/s1. The zero-order chi connectivity index (χ0) is 39.9. The zero-order valence-corrected chi connectivity index (χ0v) is 31.8. The molecule has 0 bridgehead atoms. The van der Waals surface area contributed by atoms with E-state index >= 15 is 4.39 Å². The first-order chi connectivity index (χ1) is 28.4. The molecule has 2 N–H and O–H groups in total. The van der Waals surface area contributed by atoms with E-state index in [4.69, 9.17) is 14.7 Å². The molecule has 1 aromatic heterocycles. The number of hydrogen-bond acceptors (Lipinski definition) is 5. The van der Waals surface area contributed by atoms with E-state index in [-0.39, 0.29) is 17.8 Å². The monoisotopic (exact) mass is 768 g/mol. The maximum Gasteiger partial charge on any atom is 0.321 e. The number of ether oxygens (including phenoxy) is 1. The van der Waals surface area contributed by atoms with Crippen molar-refractivity contribution in [2.24, 2.45) is 4.99 Å². The van der Waals surface area contributed by atoms with Crippen LogP contribution in [0.2, 0.25) is 0 Å². The second-order valence-electron chi connectivity index (χ2n) is 13.9. The predicted molar refractivity (Wildman–Crippen MR) is 224 cm³/mol. The number of amides is 3. The number of para-hydroxylation sites is 1. The van der Waals surface area contributed by atoms with E-state index in [0.717, 1.165) is 22.3 Å². The summed E-state index contributed by atoms with van der Waals surface area (Å²) in [4.78, 5) is 39.8. The highest BCUT2D eigenvalue weighted by atomic mass is 19.1. The van der Waals surface area contributed by atoms with Crippen LogP contribution in [0.25, 0.3) is 0 Å². The van der Waals surface area contributed by atoms with Crippen LogP contribution in [0.15, 0.2) is 181 Å². The van der Waals surface area contributed by atoms with Crippen LogP contribution in [-0.4, -0.2) is 47.1 Å². The van der Waals surface area contributed by atoms with Gasteiger partial charge in [0.15, 0.2) is 0 Å². The molecule has 10 heteroatoms. The fourth-order valence-corrected chi connectivity index (χ4v) is 7.65. The fourth-order valence-electron chi connectivity index (χ4n) is 7.65. The van der Waals surface area contributed by atoms with Gasteiger partial charge in [0.2, 0.25) is 6.17 Å². The van der Waals surface area contributed by atoms with Gasteiger partial charge in [0.25, 0.3) is 5.91 Å². The third-order valence-electron chi connectivity index (χ3n) is 10.3. The van der Waals surface area contributed by atoms with Crippen molar-refractivity contribution in [3.05, 3.63) is 221 Å². The molecule has 0 spiro atoms. The maximum atomic E-state index is 15.6. The molecule has 0 radical (unpaired) electrons. The lowest BCUT2D eigenvalue weighted by atomic mass is 9.77. The minimum Gasteiger partial charge on any atom is -0.384 e. The summed E-state index contributed by atoms with van der Waals surface area (Å²) in [5.41, 5.74) is 5.81. The number of hydrogen-bond donors (Lipinski definition) is 2. The number of nitrogens with zero attached hydrogens (tertiary/aromatic N) is 4. The van der Waals surface area contributed by atoms with Crippen molar-refractivity contribution in [3.63, 3.8) is 0 Å². The highest BCUT2D eigenvalue weighted by molar-refractivity contribution is 6.20. The topological polar surface area (TPSA) is 101 Å². The highest BCUT2D eigenvalue weighted by Crippen LogP contribution is 2.41. The largest absolute Gasteiger partial charge is 0.384 e. The lowest BCUT2D eigenvalue weighted by molar-refractivity contribution is -0.120. The molecular formula is C48H41FN6O3. The summed E-state index contributed by atoms with van der Waals surface area (Å²) in [6.07, 6.45) is 3.00. The fraction of sp³-hybridized carbons (Fsp3) is 0.125. The molecule has 1 aliphatic heterocycles. The Morgan fingerprint density at radius 2 is 1.36 bits per heavy atom. The van der Waals surface area contributed by atoms with Crippen LogP contribution in [0, 0.1) is 5.82 Å². The van der Waals surface area contributed by atoms with E-state index < -0.39 is 29.5 Å². The van der Waals surface area contributed by atoms with E-state index in [1.54, 1.807) is 54.7 Å². The number of aromatic nitrogens is 2. The molecule has 288 valence electrons. The Morgan fingerprint density at radius 1 is 0.759 bits per heavy atom. The van der Waals surface area contributed by atoms with Gasteiger partial charge in [-0.15, -0.1) is 0 Å². The smallest absolute Gasteiger partial charge is 0.321 e. The number of benzene rings is 6. The third kappa shape index (κ3) is 7.53. The Labute approximate surface area is 336 Å². The van der Waals surface area contributed by atoms with E-state index in [2.05, 4.69) is 51.6 Å². The van der Waals surface area contributed by atoms with Gasteiger partial charge >= 0.3 is 6.03 Å². The molecule has 0 saturated heterocycles. The van der Waals surface area contributed by atoms with Gasteiger partial charge in [0.05, 0.1) is 36.6 Å². The number of imidazole rings is 1. The van der Waals surface area contributed by atoms with Gasteiger partial charge in [-0.3, -0.25) is 4.79 Å². The first-order valence-corrected chi connectivity index (χ1v) is 19.0. The van der Waals surface area contributed by atoms with Crippen molar-refractivity contribution in [2.75, 3.05) is 23.9 Å². The van der Waals surface area contributed by atoms with Crippen LogP contribution in [-0.2, 0) is 28.0 Å². The van der Waals surface area contributed by atoms with Crippen molar-refractivity contribution in [1.29, 1.82) is 0 Å². The molecule has 0 aliphatic carbocycles. The molecule has 0 fully saturated rings. The number of fused-ring (bicyclic) bond motifs is 1. The summed E-state index contributed by atoms with van der Waals surface area (Å²) in [7, 11) is 1.63. The van der Waals surface area contributed by atoms with Crippen LogP contribution in [0.5, 0.6) is 0 Å². The second-order valence-corrected chi connectivity index (χ2v) is 13.9. The Bertz CT molecular complexity index is 2460. The van der Waals surface area contributed by atoms with E-state index in [0.29, 0.717) is 35.7 Å². The summed E-state index contributed by atoms with van der Waals surface area (Å²) in [5.74, 6) is -1.02. The number of nitrogens with one attached hydrogen (secondary N) is 2. The molecule has 0 saturated carbocycles. The summed E-state index contributed by atoms with van der Waals surface area (Å²) in [6.45, 7) is 0.554. The Kier molecular flexibility index (Phi) is 11.0. The number of urea groups is 1. The van der Waals surface area contributed by atoms with Gasteiger partial charge < -0.3 is 24.8 Å². The summed E-state index contributed by atoms with van der Waals surface area (Å²) < 4.78 is 22.9. The van der Waals surface area contributed by atoms with Crippen LogP contribution in [0.3, 0.4) is 0 Å².